The van der Waals surface area contributed by atoms with Crippen molar-refractivity contribution in [2.75, 3.05) is 20.6 Å². The van der Waals surface area contributed by atoms with Crippen molar-refractivity contribution < 1.29 is 4.79 Å². The molecule has 1 amide bonds. The highest BCUT2D eigenvalue weighted by molar-refractivity contribution is 14.0. The Labute approximate surface area is 182 Å². The molecule has 152 valence electrons. The number of hydrogen-bond acceptors (Lipinski definition) is 4. The lowest BCUT2D eigenvalue weighted by Crippen LogP contribution is -2.49. The van der Waals surface area contributed by atoms with E-state index in [2.05, 4.69) is 25.7 Å². The van der Waals surface area contributed by atoms with E-state index in [1.54, 1.807) is 19.0 Å². The third-order valence-corrected chi connectivity index (χ3v) is 4.47. The van der Waals surface area contributed by atoms with Gasteiger partial charge in [0.15, 0.2) is 5.96 Å². The molecule has 9 heteroatoms. The highest BCUT2D eigenvalue weighted by atomic mass is 127. The van der Waals surface area contributed by atoms with E-state index < -0.39 is 0 Å². The molecule has 1 unspecified atom stereocenters. The SMILES string of the molecule is Cc1nc2n(n1)CC(NC(=NCc1ccccc1)NCC(=O)N(C)C)CC2.I. The van der Waals surface area contributed by atoms with Crippen LogP contribution in [0.15, 0.2) is 35.3 Å². The van der Waals surface area contributed by atoms with Gasteiger partial charge in [0.1, 0.15) is 11.6 Å². The second-order valence-corrected chi connectivity index (χ2v) is 6.93. The minimum atomic E-state index is 0. The van der Waals surface area contributed by atoms with E-state index in [0.717, 1.165) is 36.6 Å². The van der Waals surface area contributed by atoms with E-state index in [9.17, 15) is 4.79 Å². The smallest absolute Gasteiger partial charge is 0.241 e. The quantitative estimate of drug-likeness (QED) is 0.370. The lowest BCUT2D eigenvalue weighted by molar-refractivity contribution is -0.127. The van der Waals surface area contributed by atoms with Crippen LogP contribution < -0.4 is 10.6 Å². The minimum Gasteiger partial charge on any atom is -0.352 e. The first kappa shape index (κ1) is 22.1. The normalized spacial score (nSPS) is 16.0. The number of aryl methyl sites for hydroxylation is 2. The summed E-state index contributed by atoms with van der Waals surface area (Å²) in [4.78, 5) is 22.6. The average molecular weight is 497 g/mol. The molecule has 1 aliphatic rings. The highest BCUT2D eigenvalue weighted by Gasteiger charge is 2.22. The Bertz CT molecular complexity index is 804. The largest absolute Gasteiger partial charge is 0.352 e. The van der Waals surface area contributed by atoms with E-state index in [-0.39, 0.29) is 42.5 Å². The van der Waals surface area contributed by atoms with Gasteiger partial charge in [-0.1, -0.05) is 30.3 Å². The van der Waals surface area contributed by atoms with Crippen molar-refractivity contribution in [2.24, 2.45) is 4.99 Å². The number of halogens is 1. The van der Waals surface area contributed by atoms with Crippen LogP contribution in [0.1, 0.15) is 23.6 Å². The van der Waals surface area contributed by atoms with Gasteiger partial charge in [0, 0.05) is 26.6 Å². The number of carbonyl (C=O) groups excluding carboxylic acids is 1. The molecule has 0 fully saturated rings. The Kier molecular flexibility index (Phi) is 8.21. The zero-order valence-electron chi connectivity index (χ0n) is 16.6. The van der Waals surface area contributed by atoms with Crippen LogP contribution in [-0.2, 0) is 24.3 Å². The van der Waals surface area contributed by atoms with Crippen LogP contribution in [0.5, 0.6) is 0 Å². The number of guanidine groups is 1. The fourth-order valence-electron chi connectivity index (χ4n) is 2.97. The Morgan fingerprint density at radius 1 is 1.32 bits per heavy atom. The summed E-state index contributed by atoms with van der Waals surface area (Å²) in [5.41, 5.74) is 1.12. The van der Waals surface area contributed by atoms with Gasteiger partial charge < -0.3 is 15.5 Å². The van der Waals surface area contributed by atoms with E-state index in [4.69, 9.17) is 0 Å². The molecule has 2 heterocycles. The molecule has 3 rings (SSSR count). The summed E-state index contributed by atoms with van der Waals surface area (Å²) < 4.78 is 1.95. The number of rotatable bonds is 5. The third kappa shape index (κ3) is 6.18. The van der Waals surface area contributed by atoms with Gasteiger partial charge in [0.2, 0.25) is 5.91 Å². The van der Waals surface area contributed by atoms with Gasteiger partial charge in [-0.3, -0.25) is 4.79 Å². The van der Waals surface area contributed by atoms with Crippen LogP contribution in [0, 0.1) is 6.92 Å². The van der Waals surface area contributed by atoms with E-state index in [1.807, 2.05) is 41.9 Å². The summed E-state index contributed by atoms with van der Waals surface area (Å²) in [7, 11) is 3.49. The van der Waals surface area contributed by atoms with Crippen LogP contribution in [-0.4, -0.2) is 58.2 Å². The first-order chi connectivity index (χ1) is 13.0. The lowest BCUT2D eigenvalue weighted by atomic mass is 10.1. The number of nitrogens with one attached hydrogen (secondary N) is 2. The summed E-state index contributed by atoms with van der Waals surface area (Å²) in [6.45, 7) is 3.40. The summed E-state index contributed by atoms with van der Waals surface area (Å²) in [5.74, 6) is 2.48. The number of aliphatic imine (C=N–C) groups is 1. The van der Waals surface area contributed by atoms with Gasteiger partial charge in [0.25, 0.3) is 0 Å². The number of aromatic nitrogens is 3. The fourth-order valence-corrected chi connectivity index (χ4v) is 2.97. The Balaban J connectivity index is 0.00000280. The second kappa shape index (κ2) is 10.4. The van der Waals surface area contributed by atoms with Gasteiger partial charge in [-0.15, -0.1) is 24.0 Å². The zero-order valence-corrected chi connectivity index (χ0v) is 18.9. The predicted molar refractivity (Wildman–Crippen MR) is 120 cm³/mol. The van der Waals surface area contributed by atoms with Crippen LogP contribution in [0.2, 0.25) is 0 Å². The van der Waals surface area contributed by atoms with Crippen molar-refractivity contribution >= 4 is 35.8 Å². The van der Waals surface area contributed by atoms with Crippen molar-refractivity contribution in [3.63, 3.8) is 0 Å². The molecule has 0 radical (unpaired) electrons. The molecule has 28 heavy (non-hydrogen) atoms. The number of carbonyl (C=O) groups is 1. The first-order valence-electron chi connectivity index (χ1n) is 9.20. The van der Waals surface area contributed by atoms with Crippen LogP contribution in [0.25, 0.3) is 0 Å². The van der Waals surface area contributed by atoms with Gasteiger partial charge in [-0.2, -0.15) is 5.10 Å². The molecule has 1 aromatic carbocycles. The maximum atomic E-state index is 11.9. The van der Waals surface area contributed by atoms with Gasteiger partial charge >= 0.3 is 0 Å². The summed E-state index contributed by atoms with van der Waals surface area (Å²) >= 11 is 0. The highest BCUT2D eigenvalue weighted by Crippen LogP contribution is 2.12. The topological polar surface area (TPSA) is 87.4 Å². The van der Waals surface area contributed by atoms with Crippen LogP contribution in [0.3, 0.4) is 0 Å². The van der Waals surface area contributed by atoms with Crippen molar-refractivity contribution in [3.05, 3.63) is 47.5 Å². The number of amides is 1. The maximum Gasteiger partial charge on any atom is 0.241 e. The number of nitrogens with zero attached hydrogens (tertiary/aromatic N) is 5. The Morgan fingerprint density at radius 3 is 2.79 bits per heavy atom. The molecule has 0 bridgehead atoms. The molecule has 0 saturated carbocycles. The molecular formula is C19H28IN7O. The maximum absolute atomic E-state index is 11.9. The van der Waals surface area contributed by atoms with E-state index in [0.29, 0.717) is 12.5 Å². The molecule has 8 nitrogen and oxygen atoms in total. The zero-order chi connectivity index (χ0) is 19.2. The van der Waals surface area contributed by atoms with Gasteiger partial charge in [0.05, 0.1) is 19.6 Å². The summed E-state index contributed by atoms with van der Waals surface area (Å²) in [5, 5.41) is 11.0. The Hall–Kier alpha value is -2.17. The van der Waals surface area contributed by atoms with Crippen molar-refractivity contribution in [3.8, 4) is 0 Å². The van der Waals surface area contributed by atoms with E-state index in [1.165, 1.54) is 0 Å². The minimum absolute atomic E-state index is 0. The van der Waals surface area contributed by atoms with E-state index >= 15 is 0 Å². The van der Waals surface area contributed by atoms with Crippen molar-refractivity contribution in [1.82, 2.24) is 30.3 Å². The second-order valence-electron chi connectivity index (χ2n) is 6.93. The molecule has 1 atom stereocenters. The number of hydrogen-bond donors (Lipinski definition) is 2. The van der Waals surface area contributed by atoms with Crippen molar-refractivity contribution in [1.29, 1.82) is 0 Å². The van der Waals surface area contributed by atoms with Gasteiger partial charge in [-0.05, 0) is 18.9 Å². The number of fused-ring (bicyclic) bond motifs is 1. The molecule has 1 aromatic heterocycles. The predicted octanol–water partition coefficient (Wildman–Crippen LogP) is 1.34. The van der Waals surface area contributed by atoms with Crippen LogP contribution >= 0.6 is 24.0 Å². The van der Waals surface area contributed by atoms with Gasteiger partial charge in [-0.25, -0.2) is 14.7 Å². The average Bonchev–Trinajstić information content (AvgIpc) is 3.03. The lowest BCUT2D eigenvalue weighted by Gasteiger charge is -2.25. The first-order valence-corrected chi connectivity index (χ1v) is 9.20. The third-order valence-electron chi connectivity index (χ3n) is 4.47. The summed E-state index contributed by atoms with van der Waals surface area (Å²) in [6.07, 6.45) is 1.83. The molecule has 0 saturated heterocycles. The molecule has 0 aliphatic carbocycles. The number of likely N-dealkylation sites (N-methyl/N-ethyl adjacent to an activating group) is 1. The molecule has 2 aromatic rings. The number of benzene rings is 1. The van der Waals surface area contributed by atoms with Crippen LogP contribution in [0.4, 0.5) is 0 Å². The monoisotopic (exact) mass is 497 g/mol. The fraction of sp³-hybridized carbons (Fsp3) is 0.474. The molecule has 2 N–H and O–H groups in total. The molecule has 1 aliphatic heterocycles. The Morgan fingerprint density at radius 2 is 2.07 bits per heavy atom. The molecule has 0 spiro atoms. The van der Waals surface area contributed by atoms with Crippen molar-refractivity contribution in [2.45, 2.75) is 38.9 Å². The standard InChI is InChI=1S/C19H27N7O.HI/c1-14-22-17-10-9-16(13-26(17)24-14)23-19(21-12-18(27)25(2)3)20-11-15-7-5-4-6-8-15;/h4-8,16H,9-13H2,1-3H3,(H2,20,21,23);1H. The summed E-state index contributed by atoms with van der Waals surface area (Å²) in [6, 6.07) is 10.2. The molecular weight excluding hydrogens is 469 g/mol.